The van der Waals surface area contributed by atoms with Gasteiger partial charge in [-0.05, 0) is 6.92 Å². The van der Waals surface area contributed by atoms with Gasteiger partial charge in [-0.25, -0.2) is 0 Å². The van der Waals surface area contributed by atoms with E-state index < -0.39 is 16.4 Å². The number of carbonyl (C=O) groups is 1. The standard InChI is InChI=1S/C12H15NO3/c1-9(12(2,3)13(15)16)11(14)10-7-5-4-6-8-10/h4-9H,1-3H3/t9-/m0/s1. The van der Waals surface area contributed by atoms with Crippen molar-refractivity contribution in [3.63, 3.8) is 0 Å². The molecule has 0 fully saturated rings. The first-order valence-electron chi connectivity index (χ1n) is 5.11. The summed E-state index contributed by atoms with van der Waals surface area (Å²) < 4.78 is 0. The maximum atomic E-state index is 12.0. The van der Waals surface area contributed by atoms with Crippen LogP contribution in [0.5, 0.6) is 0 Å². The molecule has 1 atom stereocenters. The molecule has 0 N–H and O–H groups in total. The molecule has 0 aliphatic rings. The van der Waals surface area contributed by atoms with E-state index >= 15 is 0 Å². The van der Waals surface area contributed by atoms with Gasteiger partial charge in [-0.3, -0.25) is 14.9 Å². The fourth-order valence-corrected chi connectivity index (χ4v) is 1.33. The van der Waals surface area contributed by atoms with Crippen molar-refractivity contribution in [3.8, 4) is 0 Å². The lowest BCUT2D eigenvalue weighted by Crippen LogP contribution is -2.42. The van der Waals surface area contributed by atoms with Crippen LogP contribution in [0.25, 0.3) is 0 Å². The van der Waals surface area contributed by atoms with E-state index in [9.17, 15) is 14.9 Å². The predicted octanol–water partition coefficient (Wildman–Crippen LogP) is 2.56. The van der Waals surface area contributed by atoms with Crippen molar-refractivity contribution in [1.29, 1.82) is 0 Å². The molecule has 4 nitrogen and oxygen atoms in total. The highest BCUT2D eigenvalue weighted by Gasteiger charge is 2.42. The fourth-order valence-electron chi connectivity index (χ4n) is 1.33. The minimum Gasteiger partial charge on any atom is -0.294 e. The summed E-state index contributed by atoms with van der Waals surface area (Å²) in [6.07, 6.45) is 0. The Labute approximate surface area is 94.4 Å². The third-order valence-electron chi connectivity index (χ3n) is 2.98. The molecule has 0 bridgehead atoms. The Balaban J connectivity index is 2.96. The summed E-state index contributed by atoms with van der Waals surface area (Å²) in [6, 6.07) is 8.65. The number of hydrogen-bond acceptors (Lipinski definition) is 3. The molecule has 0 aromatic heterocycles. The summed E-state index contributed by atoms with van der Waals surface area (Å²) in [6.45, 7) is 4.54. The van der Waals surface area contributed by atoms with Crippen LogP contribution in [0.15, 0.2) is 30.3 Å². The molecule has 0 amide bonds. The van der Waals surface area contributed by atoms with E-state index in [-0.39, 0.29) is 5.78 Å². The topological polar surface area (TPSA) is 60.2 Å². The smallest absolute Gasteiger partial charge is 0.226 e. The zero-order valence-electron chi connectivity index (χ0n) is 9.64. The van der Waals surface area contributed by atoms with Gasteiger partial charge in [0, 0.05) is 24.3 Å². The zero-order chi connectivity index (χ0) is 12.3. The molecule has 1 rings (SSSR count). The summed E-state index contributed by atoms with van der Waals surface area (Å²) in [5.41, 5.74) is -0.725. The molecule has 0 aliphatic heterocycles. The first-order valence-corrected chi connectivity index (χ1v) is 5.11. The van der Waals surface area contributed by atoms with Gasteiger partial charge >= 0.3 is 0 Å². The lowest BCUT2D eigenvalue weighted by Gasteiger charge is -2.22. The quantitative estimate of drug-likeness (QED) is 0.446. The molecule has 1 aromatic carbocycles. The van der Waals surface area contributed by atoms with Crippen LogP contribution in [-0.4, -0.2) is 16.2 Å². The number of ketones is 1. The molecule has 16 heavy (non-hydrogen) atoms. The lowest BCUT2D eigenvalue weighted by molar-refractivity contribution is -0.566. The summed E-state index contributed by atoms with van der Waals surface area (Å²) in [7, 11) is 0. The van der Waals surface area contributed by atoms with E-state index in [1.165, 1.54) is 13.8 Å². The van der Waals surface area contributed by atoms with Crippen molar-refractivity contribution in [2.24, 2.45) is 5.92 Å². The van der Waals surface area contributed by atoms with Crippen LogP contribution < -0.4 is 0 Å². The van der Waals surface area contributed by atoms with Crippen molar-refractivity contribution in [1.82, 2.24) is 0 Å². The van der Waals surface area contributed by atoms with Gasteiger partial charge in [-0.1, -0.05) is 30.3 Å². The summed E-state index contributed by atoms with van der Waals surface area (Å²) in [5, 5.41) is 10.9. The number of benzene rings is 1. The van der Waals surface area contributed by atoms with Gasteiger partial charge in [0.05, 0.1) is 5.92 Å². The Kier molecular flexibility index (Phi) is 3.42. The number of hydrogen-bond donors (Lipinski definition) is 0. The molecule has 1 aromatic rings. The summed E-state index contributed by atoms with van der Waals surface area (Å²) in [4.78, 5) is 22.4. The normalized spacial score (nSPS) is 13.2. The molecule has 0 saturated heterocycles. The predicted molar refractivity (Wildman–Crippen MR) is 61.0 cm³/mol. The highest BCUT2D eigenvalue weighted by Crippen LogP contribution is 2.23. The van der Waals surface area contributed by atoms with Gasteiger partial charge in [-0.2, -0.15) is 0 Å². The maximum Gasteiger partial charge on any atom is 0.226 e. The van der Waals surface area contributed by atoms with Gasteiger partial charge in [0.1, 0.15) is 0 Å². The molecule has 0 unspecified atom stereocenters. The second-order valence-electron chi connectivity index (χ2n) is 4.36. The van der Waals surface area contributed by atoms with Crippen molar-refractivity contribution in [3.05, 3.63) is 46.0 Å². The highest BCUT2D eigenvalue weighted by atomic mass is 16.6. The number of rotatable bonds is 4. The number of nitrogens with zero attached hydrogens (tertiary/aromatic N) is 1. The van der Waals surface area contributed by atoms with Gasteiger partial charge in [-0.15, -0.1) is 0 Å². The Bertz CT molecular complexity index is 398. The zero-order valence-corrected chi connectivity index (χ0v) is 9.64. The number of Topliss-reactive ketones (excluding diaryl/α,β-unsaturated/α-hetero) is 1. The minimum atomic E-state index is -1.24. The van der Waals surface area contributed by atoms with E-state index in [0.717, 1.165) is 0 Å². The largest absolute Gasteiger partial charge is 0.294 e. The molecule has 86 valence electrons. The van der Waals surface area contributed by atoms with E-state index in [0.29, 0.717) is 5.56 Å². The van der Waals surface area contributed by atoms with Crippen LogP contribution in [0.3, 0.4) is 0 Å². The monoisotopic (exact) mass is 221 g/mol. The van der Waals surface area contributed by atoms with Gasteiger partial charge < -0.3 is 0 Å². The molecule has 0 spiro atoms. The second kappa shape index (κ2) is 4.43. The van der Waals surface area contributed by atoms with Crippen LogP contribution >= 0.6 is 0 Å². The Morgan fingerprint density at radius 3 is 2.25 bits per heavy atom. The Morgan fingerprint density at radius 2 is 1.81 bits per heavy atom. The van der Waals surface area contributed by atoms with E-state index in [1.807, 2.05) is 0 Å². The van der Waals surface area contributed by atoms with E-state index in [1.54, 1.807) is 37.3 Å². The van der Waals surface area contributed by atoms with Crippen LogP contribution in [0.1, 0.15) is 31.1 Å². The third kappa shape index (κ3) is 2.27. The van der Waals surface area contributed by atoms with Crippen molar-refractivity contribution < 1.29 is 9.72 Å². The fraction of sp³-hybridized carbons (Fsp3) is 0.417. The van der Waals surface area contributed by atoms with E-state index in [4.69, 9.17) is 0 Å². The molecule has 0 radical (unpaired) electrons. The molecule has 4 heteroatoms. The van der Waals surface area contributed by atoms with Crippen molar-refractivity contribution in [2.75, 3.05) is 0 Å². The number of carbonyl (C=O) groups excluding carboxylic acids is 1. The van der Waals surface area contributed by atoms with Crippen LogP contribution in [0, 0.1) is 16.0 Å². The SMILES string of the molecule is C[C@@H](C(=O)c1ccccc1)C(C)(C)[N+](=O)[O-]. The van der Waals surface area contributed by atoms with Crippen LogP contribution in [0.2, 0.25) is 0 Å². The van der Waals surface area contributed by atoms with Gasteiger partial charge in [0.2, 0.25) is 5.54 Å². The van der Waals surface area contributed by atoms with Crippen LogP contribution in [-0.2, 0) is 0 Å². The van der Waals surface area contributed by atoms with Crippen LogP contribution in [0.4, 0.5) is 0 Å². The van der Waals surface area contributed by atoms with Gasteiger partial charge in [0.25, 0.3) is 0 Å². The van der Waals surface area contributed by atoms with E-state index in [2.05, 4.69) is 0 Å². The average molecular weight is 221 g/mol. The third-order valence-corrected chi connectivity index (χ3v) is 2.98. The minimum absolute atomic E-state index is 0.192. The highest BCUT2D eigenvalue weighted by molar-refractivity contribution is 5.98. The first kappa shape index (κ1) is 12.4. The molecule has 0 saturated carbocycles. The Morgan fingerprint density at radius 1 is 1.31 bits per heavy atom. The maximum absolute atomic E-state index is 12.0. The molecule has 0 aliphatic carbocycles. The molecule has 0 heterocycles. The second-order valence-corrected chi connectivity index (χ2v) is 4.36. The molecular formula is C12H15NO3. The van der Waals surface area contributed by atoms with Crippen molar-refractivity contribution >= 4 is 5.78 Å². The van der Waals surface area contributed by atoms with Crippen molar-refractivity contribution in [2.45, 2.75) is 26.3 Å². The molecular weight excluding hydrogens is 206 g/mol. The first-order chi connectivity index (χ1) is 7.37. The average Bonchev–Trinajstić information content (AvgIpc) is 2.28. The summed E-state index contributed by atoms with van der Waals surface area (Å²) >= 11 is 0. The summed E-state index contributed by atoms with van der Waals surface area (Å²) in [5.74, 6) is -0.841. The lowest BCUT2D eigenvalue weighted by atomic mass is 9.84. The van der Waals surface area contributed by atoms with Gasteiger partial charge in [0.15, 0.2) is 5.78 Å². The number of nitro groups is 1. The Hall–Kier alpha value is -1.71.